The monoisotopic (exact) mass is 822 g/mol. The number of fused-ring (bicyclic) bond motifs is 2. The van der Waals surface area contributed by atoms with Crippen LogP contribution in [0.25, 0.3) is 0 Å². The normalized spacial score (nSPS) is 28.3. The number of phenols is 1. The Kier molecular flexibility index (Phi) is 19.2. The molecule has 2 bridgehead atoms. The third-order valence-electron chi connectivity index (χ3n) is 10.2. The summed E-state index contributed by atoms with van der Waals surface area (Å²) in [5.74, 6) is -5.95. The number of esters is 2. The van der Waals surface area contributed by atoms with Gasteiger partial charge in [-0.3, -0.25) is 24.2 Å². The van der Waals surface area contributed by atoms with E-state index in [1.807, 2.05) is 0 Å². The minimum Gasteiger partial charge on any atom is -0.508 e. The number of hydrogen-bond acceptors (Lipinski definition) is 12. The van der Waals surface area contributed by atoms with Crippen molar-refractivity contribution in [1.82, 2.24) is 21.1 Å². The first-order valence-corrected chi connectivity index (χ1v) is 20.3. The lowest BCUT2D eigenvalue weighted by Crippen LogP contribution is -2.62. The molecule has 0 spiro atoms. The molecule has 3 amide bonds. The number of carbonyl (C=O) groups is 6. The molecule has 324 valence electrons. The smallest absolute Gasteiger partial charge is 0.330 e. The summed E-state index contributed by atoms with van der Waals surface area (Å²) in [5.41, 5.74) is 4.11. The van der Waals surface area contributed by atoms with Crippen LogP contribution in [0.4, 0.5) is 0 Å². The first kappa shape index (κ1) is 48.3. The number of amides is 3. The predicted octanol–water partition coefficient (Wildman–Crippen LogP) is 3.28. The zero-order valence-electron chi connectivity index (χ0n) is 35.1. The van der Waals surface area contributed by atoms with Crippen molar-refractivity contribution >= 4 is 35.4 Å². The molecular formula is C44H62N4O11. The Morgan fingerprint density at radius 3 is 2.42 bits per heavy atom. The fourth-order valence-electron chi connectivity index (χ4n) is 6.70. The Bertz CT molecular complexity index is 1750. The molecule has 1 saturated heterocycles. The number of hydrogen-bond donors (Lipinski definition) is 6. The molecule has 59 heavy (non-hydrogen) atoms. The summed E-state index contributed by atoms with van der Waals surface area (Å²) >= 11 is 0. The van der Waals surface area contributed by atoms with Gasteiger partial charge in [0.1, 0.15) is 35.8 Å². The molecule has 15 heteroatoms. The van der Waals surface area contributed by atoms with Gasteiger partial charge >= 0.3 is 11.9 Å². The van der Waals surface area contributed by atoms with Crippen molar-refractivity contribution in [3.05, 3.63) is 77.9 Å². The number of aromatic hydroxyl groups is 1. The highest BCUT2D eigenvalue weighted by atomic mass is 16.5. The summed E-state index contributed by atoms with van der Waals surface area (Å²) in [6, 6.07) is 2.88. The standard InChI is InChI=1S/C44H62N4O11/c1-26(2)39-42(55)45-35(25-31-15-12-16-32(50)24-31)43(56)48-23-13-17-34(47-48)44(57)59-37(28(5)14-11-20-38(52)58-27(3)4)19-10-8-9-18-36(51)30(7)40(53)33(41(54)46-39)22-21-29(6)49/h8-12,14-16,18,20,24,26-27,30,33-37,39-40,47,50-51,53H,13,17,19,21-23,25H2,1-7H3,(H,45,55)(H,46,54)/b10-8+,18-9+,20-11+,28-14+/t30-,33+,34-,35-,36-,37-,39-,40+/m0/s1. The second kappa shape index (κ2) is 23.5. The number of allylic oxidation sites excluding steroid dienone is 4. The number of rotatable bonds is 10. The molecule has 1 aromatic rings. The number of ketones is 1. The predicted molar refractivity (Wildman–Crippen MR) is 220 cm³/mol. The van der Waals surface area contributed by atoms with Gasteiger partial charge in [-0.05, 0) is 76.1 Å². The first-order valence-electron chi connectivity index (χ1n) is 20.3. The second-order valence-electron chi connectivity index (χ2n) is 15.9. The molecule has 0 aliphatic carbocycles. The summed E-state index contributed by atoms with van der Waals surface area (Å²) in [7, 11) is 0. The fourth-order valence-corrected chi connectivity index (χ4v) is 6.70. The molecule has 15 nitrogen and oxygen atoms in total. The summed E-state index contributed by atoms with van der Waals surface area (Å²) < 4.78 is 11.1. The third kappa shape index (κ3) is 15.5. The molecule has 0 unspecified atom stereocenters. The van der Waals surface area contributed by atoms with E-state index in [2.05, 4.69) is 16.1 Å². The maximum Gasteiger partial charge on any atom is 0.330 e. The summed E-state index contributed by atoms with van der Waals surface area (Å²) in [5, 5.41) is 39.5. The Hall–Kier alpha value is -5.12. The van der Waals surface area contributed by atoms with Crippen LogP contribution < -0.4 is 16.1 Å². The van der Waals surface area contributed by atoms with Crippen molar-refractivity contribution in [3.63, 3.8) is 0 Å². The van der Waals surface area contributed by atoms with Gasteiger partial charge in [-0.25, -0.2) is 10.2 Å². The zero-order valence-corrected chi connectivity index (χ0v) is 35.1. The van der Waals surface area contributed by atoms with Crippen molar-refractivity contribution in [2.75, 3.05) is 6.54 Å². The van der Waals surface area contributed by atoms with E-state index in [-0.39, 0.29) is 49.9 Å². The van der Waals surface area contributed by atoms with Crippen LogP contribution in [-0.4, -0.2) is 105 Å². The minimum atomic E-state index is -1.42. The van der Waals surface area contributed by atoms with Gasteiger partial charge in [0.25, 0.3) is 5.91 Å². The molecule has 1 aromatic carbocycles. The molecule has 2 heterocycles. The molecule has 3 rings (SSSR count). The highest BCUT2D eigenvalue weighted by molar-refractivity contribution is 5.93. The average Bonchev–Trinajstić information content (AvgIpc) is 3.17. The van der Waals surface area contributed by atoms with Crippen LogP contribution in [0.15, 0.2) is 72.4 Å². The minimum absolute atomic E-state index is 0.0309. The summed E-state index contributed by atoms with van der Waals surface area (Å²) in [4.78, 5) is 80.1. The van der Waals surface area contributed by atoms with Gasteiger partial charge in [-0.2, -0.15) is 0 Å². The van der Waals surface area contributed by atoms with Crippen LogP contribution in [-0.2, 0) is 44.7 Å². The molecule has 6 N–H and O–H groups in total. The van der Waals surface area contributed by atoms with Gasteiger partial charge < -0.3 is 40.2 Å². The lowest BCUT2D eigenvalue weighted by molar-refractivity contribution is -0.156. The van der Waals surface area contributed by atoms with E-state index < -0.39 is 83.9 Å². The first-order chi connectivity index (χ1) is 27.9. The number of phenolic OH excluding ortho intramolecular Hbond substituents is 1. The Morgan fingerprint density at radius 2 is 1.76 bits per heavy atom. The number of carbonyl (C=O) groups excluding carboxylic acids is 6. The summed E-state index contributed by atoms with van der Waals surface area (Å²) in [6.45, 7) is 11.7. The Labute approximate surface area is 346 Å². The largest absolute Gasteiger partial charge is 0.508 e. The third-order valence-corrected chi connectivity index (χ3v) is 10.2. The molecule has 8 atom stereocenters. The van der Waals surface area contributed by atoms with Crippen LogP contribution in [0.2, 0.25) is 0 Å². The quantitative estimate of drug-likeness (QED) is 0.114. The maximum atomic E-state index is 14.3. The number of Topliss-reactive ketones (excluding diaryl/α,β-unsaturated/α-hetero) is 1. The van der Waals surface area contributed by atoms with E-state index in [0.717, 1.165) is 0 Å². The van der Waals surface area contributed by atoms with E-state index in [4.69, 9.17) is 9.47 Å². The van der Waals surface area contributed by atoms with E-state index in [1.165, 1.54) is 42.3 Å². The molecular weight excluding hydrogens is 761 g/mol. The van der Waals surface area contributed by atoms with Gasteiger partial charge in [-0.1, -0.05) is 69.4 Å². The summed E-state index contributed by atoms with van der Waals surface area (Å²) in [6.07, 6.45) is 7.81. The van der Waals surface area contributed by atoms with Crippen LogP contribution in [0.5, 0.6) is 5.75 Å². The van der Waals surface area contributed by atoms with E-state index >= 15 is 0 Å². The van der Waals surface area contributed by atoms with Crippen molar-refractivity contribution in [2.45, 2.75) is 130 Å². The van der Waals surface area contributed by atoms with Crippen molar-refractivity contribution in [2.24, 2.45) is 17.8 Å². The highest BCUT2D eigenvalue weighted by Gasteiger charge is 2.38. The molecule has 1 fully saturated rings. The van der Waals surface area contributed by atoms with E-state index in [0.29, 0.717) is 24.0 Å². The second-order valence-corrected chi connectivity index (χ2v) is 15.9. The Balaban J connectivity index is 2.07. The number of hydrazine groups is 1. The zero-order chi connectivity index (χ0) is 43.8. The van der Waals surface area contributed by atoms with Gasteiger partial charge in [0.05, 0.1) is 24.2 Å². The maximum absolute atomic E-state index is 14.3. The number of aliphatic hydroxyl groups is 2. The van der Waals surface area contributed by atoms with Gasteiger partial charge in [0.15, 0.2) is 0 Å². The molecule has 2 aliphatic rings. The molecule has 2 aliphatic heterocycles. The van der Waals surface area contributed by atoms with Crippen LogP contribution in [0, 0.1) is 17.8 Å². The van der Waals surface area contributed by atoms with Crippen LogP contribution in [0.1, 0.15) is 86.1 Å². The highest BCUT2D eigenvalue weighted by Crippen LogP contribution is 2.24. The van der Waals surface area contributed by atoms with Gasteiger partial charge in [-0.15, -0.1) is 0 Å². The number of nitrogens with one attached hydrogen (secondary N) is 3. The number of benzene rings is 1. The SMILES string of the molecule is CC(=O)CC[C@H]1C(=O)N[C@@H](C(C)C)C(=O)N[C@@H](Cc2cccc(O)c2)C(=O)N2CCC[C@H](N2)C(=O)O[C@H](/C(C)=C/C=C/C(=O)OC(C)C)C/C=C/C=C/[C@H](O)[C@H](C)[C@H]1O. The lowest BCUT2D eigenvalue weighted by atomic mass is 9.84. The topological polar surface area (TPSA) is 221 Å². The fraction of sp³-hybridized carbons (Fsp3) is 0.545. The van der Waals surface area contributed by atoms with Crippen LogP contribution in [0.3, 0.4) is 0 Å². The average molecular weight is 823 g/mol. The van der Waals surface area contributed by atoms with Crippen molar-refractivity contribution in [3.8, 4) is 5.75 Å². The van der Waals surface area contributed by atoms with Gasteiger partial charge in [0, 0.05) is 37.8 Å². The van der Waals surface area contributed by atoms with E-state index in [9.17, 15) is 44.1 Å². The molecule has 0 saturated carbocycles. The van der Waals surface area contributed by atoms with Gasteiger partial charge in [0.2, 0.25) is 11.8 Å². The number of ether oxygens (including phenoxy) is 2. The molecule has 0 radical (unpaired) electrons. The van der Waals surface area contributed by atoms with E-state index in [1.54, 1.807) is 78.0 Å². The Morgan fingerprint density at radius 1 is 1.03 bits per heavy atom. The number of aliphatic hydroxyl groups excluding tert-OH is 2. The van der Waals surface area contributed by atoms with Crippen molar-refractivity contribution in [1.29, 1.82) is 0 Å². The van der Waals surface area contributed by atoms with Crippen molar-refractivity contribution < 1.29 is 53.6 Å². The molecule has 0 aromatic heterocycles. The lowest BCUT2D eigenvalue weighted by Gasteiger charge is -2.36. The number of nitrogens with zero attached hydrogens (tertiary/aromatic N) is 1. The van der Waals surface area contributed by atoms with Crippen LogP contribution >= 0.6 is 0 Å². The number of cyclic esters (lactones) is 1.